The molecule has 1 N–H and O–H groups in total. The van der Waals surface area contributed by atoms with E-state index in [0.717, 1.165) is 5.52 Å². The Morgan fingerprint density at radius 1 is 1.26 bits per heavy atom. The molecule has 3 rings (SSSR count). The summed E-state index contributed by atoms with van der Waals surface area (Å²) < 4.78 is 1.83. The van der Waals surface area contributed by atoms with Crippen LogP contribution in [0, 0.1) is 0 Å². The number of hydrogen-bond donors (Lipinski definition) is 1. The fourth-order valence-corrected chi connectivity index (χ4v) is 1.83. The molecule has 3 heterocycles. The van der Waals surface area contributed by atoms with Gasteiger partial charge in [0.2, 0.25) is 0 Å². The van der Waals surface area contributed by atoms with Gasteiger partial charge in [0.25, 0.3) is 5.91 Å². The van der Waals surface area contributed by atoms with Crippen molar-refractivity contribution < 1.29 is 4.79 Å². The Labute approximate surface area is 113 Å². The molecule has 0 aliphatic heterocycles. The number of anilines is 1. The van der Waals surface area contributed by atoms with Crippen LogP contribution in [-0.2, 0) is 0 Å². The predicted octanol–water partition coefficient (Wildman–Crippen LogP) is 2.64. The van der Waals surface area contributed by atoms with E-state index in [0.29, 0.717) is 16.4 Å². The number of pyridine rings is 2. The molecule has 5 nitrogen and oxygen atoms in total. The van der Waals surface area contributed by atoms with E-state index in [4.69, 9.17) is 11.6 Å². The maximum absolute atomic E-state index is 12.1. The number of aromatic nitrogens is 3. The normalized spacial score (nSPS) is 10.6. The van der Waals surface area contributed by atoms with E-state index in [1.807, 2.05) is 4.40 Å². The van der Waals surface area contributed by atoms with Crippen LogP contribution >= 0.6 is 11.6 Å². The Bertz CT molecular complexity index is 736. The maximum Gasteiger partial charge on any atom is 0.255 e. The molecule has 0 aliphatic carbocycles. The first-order valence-corrected chi connectivity index (χ1v) is 5.95. The van der Waals surface area contributed by atoms with E-state index in [9.17, 15) is 4.79 Å². The zero-order chi connectivity index (χ0) is 13.2. The number of rotatable bonds is 2. The quantitative estimate of drug-likeness (QED) is 0.730. The van der Waals surface area contributed by atoms with Gasteiger partial charge in [-0.15, -0.1) is 0 Å². The third-order valence-corrected chi connectivity index (χ3v) is 2.89. The number of amides is 1. The van der Waals surface area contributed by atoms with Gasteiger partial charge in [0.05, 0.1) is 29.9 Å². The van der Waals surface area contributed by atoms with E-state index < -0.39 is 0 Å². The molecular formula is C13H9ClN4O. The first kappa shape index (κ1) is 11.7. The largest absolute Gasteiger partial charge is 0.321 e. The van der Waals surface area contributed by atoms with E-state index in [1.54, 1.807) is 43.0 Å². The summed E-state index contributed by atoms with van der Waals surface area (Å²) in [5, 5.41) is 3.14. The lowest BCUT2D eigenvalue weighted by Crippen LogP contribution is -2.12. The van der Waals surface area contributed by atoms with Crippen molar-refractivity contribution in [1.29, 1.82) is 0 Å². The molecule has 94 valence electrons. The van der Waals surface area contributed by atoms with Crippen molar-refractivity contribution in [2.75, 3.05) is 5.32 Å². The standard InChI is InChI=1S/C13H9ClN4O/c14-12-2-1-10(6-16-12)17-13(19)9-3-4-18-8-15-7-11(18)5-9/h1-8H,(H,17,19). The Morgan fingerprint density at radius 3 is 2.95 bits per heavy atom. The second kappa shape index (κ2) is 4.70. The lowest BCUT2D eigenvalue weighted by atomic mass is 10.2. The highest BCUT2D eigenvalue weighted by Gasteiger charge is 2.07. The van der Waals surface area contributed by atoms with Crippen LogP contribution < -0.4 is 5.32 Å². The fourth-order valence-electron chi connectivity index (χ4n) is 1.71. The van der Waals surface area contributed by atoms with Crippen LogP contribution in [-0.4, -0.2) is 20.3 Å². The molecule has 6 heteroatoms. The van der Waals surface area contributed by atoms with E-state index in [-0.39, 0.29) is 5.91 Å². The van der Waals surface area contributed by atoms with Gasteiger partial charge in [0.1, 0.15) is 5.15 Å². The number of imidazole rings is 1. The summed E-state index contributed by atoms with van der Waals surface area (Å²) in [4.78, 5) is 20.0. The SMILES string of the molecule is O=C(Nc1ccc(Cl)nc1)c1ccn2cncc2c1. The molecule has 19 heavy (non-hydrogen) atoms. The topological polar surface area (TPSA) is 59.3 Å². The van der Waals surface area contributed by atoms with Crippen LogP contribution in [0.2, 0.25) is 5.15 Å². The third-order valence-electron chi connectivity index (χ3n) is 2.66. The summed E-state index contributed by atoms with van der Waals surface area (Å²) in [7, 11) is 0. The zero-order valence-electron chi connectivity index (χ0n) is 9.75. The van der Waals surface area contributed by atoms with Gasteiger partial charge >= 0.3 is 0 Å². The fraction of sp³-hybridized carbons (Fsp3) is 0. The summed E-state index contributed by atoms with van der Waals surface area (Å²) in [6, 6.07) is 6.82. The zero-order valence-corrected chi connectivity index (χ0v) is 10.5. The second-order valence-electron chi connectivity index (χ2n) is 3.96. The van der Waals surface area contributed by atoms with Crippen molar-refractivity contribution in [3.63, 3.8) is 0 Å². The summed E-state index contributed by atoms with van der Waals surface area (Å²) in [6.07, 6.45) is 6.68. The number of carbonyl (C=O) groups excluding carboxylic acids is 1. The van der Waals surface area contributed by atoms with Crippen LogP contribution in [0.3, 0.4) is 0 Å². The molecular weight excluding hydrogens is 264 g/mol. The third kappa shape index (κ3) is 2.41. The van der Waals surface area contributed by atoms with Gasteiger partial charge in [-0.25, -0.2) is 9.97 Å². The molecule has 0 bridgehead atoms. The molecule has 0 radical (unpaired) electrons. The van der Waals surface area contributed by atoms with Crippen molar-refractivity contribution in [3.8, 4) is 0 Å². The number of nitrogens with one attached hydrogen (secondary N) is 1. The average Bonchev–Trinajstić information content (AvgIpc) is 2.88. The smallest absolute Gasteiger partial charge is 0.255 e. The average molecular weight is 273 g/mol. The van der Waals surface area contributed by atoms with Crippen LogP contribution in [0.15, 0.2) is 49.2 Å². The molecule has 0 atom stereocenters. The number of halogens is 1. The summed E-state index contributed by atoms with van der Waals surface area (Å²) in [5.41, 5.74) is 2.02. The first-order valence-electron chi connectivity index (χ1n) is 5.57. The predicted molar refractivity (Wildman–Crippen MR) is 72.4 cm³/mol. The van der Waals surface area contributed by atoms with Gasteiger partial charge < -0.3 is 9.72 Å². The molecule has 0 fully saturated rings. The van der Waals surface area contributed by atoms with Crippen LogP contribution in [0.5, 0.6) is 0 Å². The van der Waals surface area contributed by atoms with Crippen molar-refractivity contribution >= 4 is 28.7 Å². The van der Waals surface area contributed by atoms with Crippen molar-refractivity contribution in [3.05, 3.63) is 59.9 Å². The van der Waals surface area contributed by atoms with Crippen LogP contribution in [0.25, 0.3) is 5.52 Å². The summed E-state index contributed by atoms with van der Waals surface area (Å²) in [6.45, 7) is 0. The first-order chi connectivity index (χ1) is 9.22. The highest BCUT2D eigenvalue weighted by molar-refractivity contribution is 6.29. The van der Waals surface area contributed by atoms with Gasteiger partial charge in [0, 0.05) is 11.8 Å². The Balaban J connectivity index is 1.84. The van der Waals surface area contributed by atoms with Gasteiger partial charge in [-0.2, -0.15) is 0 Å². The Kier molecular flexibility index (Phi) is 2.89. The molecule has 1 amide bonds. The Morgan fingerprint density at radius 2 is 2.16 bits per heavy atom. The minimum Gasteiger partial charge on any atom is -0.321 e. The molecule has 0 aliphatic rings. The lowest BCUT2D eigenvalue weighted by molar-refractivity contribution is 0.102. The second-order valence-corrected chi connectivity index (χ2v) is 4.35. The van der Waals surface area contributed by atoms with Crippen molar-refractivity contribution in [1.82, 2.24) is 14.4 Å². The van der Waals surface area contributed by atoms with Crippen LogP contribution in [0.4, 0.5) is 5.69 Å². The van der Waals surface area contributed by atoms with E-state index in [1.165, 1.54) is 6.20 Å². The Hall–Kier alpha value is -2.40. The molecule has 3 aromatic heterocycles. The number of carbonyl (C=O) groups is 1. The van der Waals surface area contributed by atoms with Gasteiger partial charge in [-0.3, -0.25) is 4.79 Å². The molecule has 0 unspecified atom stereocenters. The summed E-state index contributed by atoms with van der Waals surface area (Å²) >= 11 is 5.68. The van der Waals surface area contributed by atoms with Gasteiger partial charge in [-0.1, -0.05) is 11.6 Å². The van der Waals surface area contributed by atoms with E-state index >= 15 is 0 Å². The minimum atomic E-state index is -0.201. The minimum absolute atomic E-state index is 0.201. The molecule has 0 saturated heterocycles. The van der Waals surface area contributed by atoms with E-state index in [2.05, 4.69) is 15.3 Å². The number of fused-ring (bicyclic) bond motifs is 1. The van der Waals surface area contributed by atoms with Crippen molar-refractivity contribution in [2.24, 2.45) is 0 Å². The van der Waals surface area contributed by atoms with Gasteiger partial charge in [0.15, 0.2) is 0 Å². The molecule has 0 saturated carbocycles. The number of hydrogen-bond acceptors (Lipinski definition) is 3. The van der Waals surface area contributed by atoms with Gasteiger partial charge in [-0.05, 0) is 24.3 Å². The lowest BCUT2D eigenvalue weighted by Gasteiger charge is -2.05. The monoisotopic (exact) mass is 272 g/mol. The van der Waals surface area contributed by atoms with Crippen LogP contribution in [0.1, 0.15) is 10.4 Å². The molecule has 3 aromatic rings. The summed E-state index contributed by atoms with van der Waals surface area (Å²) in [5.74, 6) is -0.201. The highest BCUT2D eigenvalue weighted by Crippen LogP contribution is 2.12. The van der Waals surface area contributed by atoms with Crippen molar-refractivity contribution in [2.45, 2.75) is 0 Å². The molecule has 0 aromatic carbocycles. The molecule has 0 spiro atoms. The highest BCUT2D eigenvalue weighted by atomic mass is 35.5. The maximum atomic E-state index is 12.1. The number of nitrogens with zero attached hydrogens (tertiary/aromatic N) is 3.